The number of nitrogens with one attached hydrogen (secondary N) is 1. The van der Waals surface area contributed by atoms with Crippen LogP contribution in [0.2, 0.25) is 0 Å². The van der Waals surface area contributed by atoms with Gasteiger partial charge in [-0.1, -0.05) is 58.4 Å². The predicted octanol–water partition coefficient (Wildman–Crippen LogP) is 5.81. The first-order valence-corrected chi connectivity index (χ1v) is 12.4. The molecule has 1 unspecified atom stereocenters. The van der Waals surface area contributed by atoms with Gasteiger partial charge in [-0.05, 0) is 63.3 Å². The summed E-state index contributed by atoms with van der Waals surface area (Å²) in [4.78, 5) is 25.1. The van der Waals surface area contributed by atoms with E-state index in [0.29, 0.717) is 6.61 Å². The average molecular weight is 520 g/mol. The van der Waals surface area contributed by atoms with E-state index < -0.39 is 23.7 Å². The number of rotatable bonds is 12. The number of esters is 1. The van der Waals surface area contributed by atoms with Gasteiger partial charge in [0.1, 0.15) is 24.0 Å². The highest BCUT2D eigenvalue weighted by atomic mass is 79.9. The molecule has 2 aromatic carbocycles. The minimum atomic E-state index is -0.875. The van der Waals surface area contributed by atoms with Crippen LogP contribution in [0.3, 0.4) is 0 Å². The van der Waals surface area contributed by atoms with E-state index in [1.807, 2.05) is 54.6 Å². The molecule has 1 atom stereocenters. The van der Waals surface area contributed by atoms with Gasteiger partial charge in [0.15, 0.2) is 0 Å². The second-order valence-electron chi connectivity index (χ2n) is 8.74. The van der Waals surface area contributed by atoms with Crippen LogP contribution in [0.1, 0.15) is 51.2 Å². The van der Waals surface area contributed by atoms with Crippen LogP contribution in [-0.2, 0) is 27.3 Å². The summed E-state index contributed by atoms with van der Waals surface area (Å²) in [6.45, 7) is 6.12. The molecule has 33 heavy (non-hydrogen) atoms. The zero-order valence-electron chi connectivity index (χ0n) is 19.6. The SMILES string of the molecule is CC(C)(C)OC(=O)NC(Cc1ccc(OCCCCCBr)cc1)C(=O)OCc1ccccc1. The van der Waals surface area contributed by atoms with Gasteiger partial charge < -0.3 is 19.5 Å². The maximum absolute atomic E-state index is 12.8. The fourth-order valence-electron chi connectivity index (χ4n) is 2.99. The van der Waals surface area contributed by atoms with E-state index in [2.05, 4.69) is 21.2 Å². The van der Waals surface area contributed by atoms with Crippen LogP contribution < -0.4 is 10.1 Å². The lowest BCUT2D eigenvalue weighted by molar-refractivity contribution is -0.147. The summed E-state index contributed by atoms with van der Waals surface area (Å²) in [5.41, 5.74) is 1.08. The first-order chi connectivity index (χ1) is 15.8. The second-order valence-corrected chi connectivity index (χ2v) is 9.53. The molecule has 7 heteroatoms. The Morgan fingerprint density at radius 3 is 2.27 bits per heavy atom. The highest BCUT2D eigenvalue weighted by Crippen LogP contribution is 2.16. The summed E-state index contributed by atoms with van der Waals surface area (Å²) < 4.78 is 16.6. The highest BCUT2D eigenvalue weighted by molar-refractivity contribution is 9.09. The molecule has 2 rings (SSSR count). The fourth-order valence-corrected chi connectivity index (χ4v) is 3.39. The summed E-state index contributed by atoms with van der Waals surface area (Å²) in [6, 6.07) is 16.1. The Bertz CT molecular complexity index is 849. The number of benzene rings is 2. The van der Waals surface area contributed by atoms with Gasteiger partial charge in [-0.2, -0.15) is 0 Å². The molecular weight excluding hydrogens is 486 g/mol. The summed E-state index contributed by atoms with van der Waals surface area (Å²) in [5.74, 6) is 0.262. The van der Waals surface area contributed by atoms with Crippen molar-refractivity contribution in [2.75, 3.05) is 11.9 Å². The molecule has 0 saturated carbocycles. The zero-order chi connectivity index (χ0) is 24.1. The maximum atomic E-state index is 12.8. The van der Waals surface area contributed by atoms with E-state index in [9.17, 15) is 9.59 Å². The van der Waals surface area contributed by atoms with Gasteiger partial charge in [0, 0.05) is 11.8 Å². The van der Waals surface area contributed by atoms with Gasteiger partial charge in [0.25, 0.3) is 0 Å². The van der Waals surface area contributed by atoms with Crippen molar-refractivity contribution in [1.82, 2.24) is 5.32 Å². The number of unbranched alkanes of at least 4 members (excludes halogenated alkanes) is 2. The monoisotopic (exact) mass is 519 g/mol. The van der Waals surface area contributed by atoms with Gasteiger partial charge in [0.2, 0.25) is 0 Å². The van der Waals surface area contributed by atoms with Gasteiger partial charge in [-0.25, -0.2) is 9.59 Å². The third kappa shape index (κ3) is 11.2. The topological polar surface area (TPSA) is 73.9 Å². The first kappa shape index (κ1) is 26.7. The number of halogens is 1. The molecule has 0 aliphatic rings. The van der Waals surface area contributed by atoms with Gasteiger partial charge >= 0.3 is 12.1 Å². The molecule has 180 valence electrons. The summed E-state index contributed by atoms with van der Waals surface area (Å²) in [5, 5.41) is 3.66. The fraction of sp³-hybridized carbons (Fsp3) is 0.462. The quantitative estimate of drug-likeness (QED) is 0.217. The van der Waals surface area contributed by atoms with Crippen LogP contribution in [0.15, 0.2) is 54.6 Å². The largest absolute Gasteiger partial charge is 0.494 e. The third-order valence-corrected chi connectivity index (χ3v) is 5.17. The normalized spacial score (nSPS) is 12.0. The lowest BCUT2D eigenvalue weighted by Crippen LogP contribution is -2.45. The van der Waals surface area contributed by atoms with Crippen LogP contribution in [0.25, 0.3) is 0 Å². The standard InChI is InChI=1S/C26H34BrNO5/c1-26(2,3)33-25(30)28-23(24(29)32-19-21-10-6-4-7-11-21)18-20-12-14-22(15-13-20)31-17-9-5-8-16-27/h4,6-7,10-15,23H,5,8-9,16-19H2,1-3H3,(H,28,30). The predicted molar refractivity (Wildman–Crippen MR) is 133 cm³/mol. The molecule has 0 fully saturated rings. The lowest BCUT2D eigenvalue weighted by atomic mass is 10.1. The smallest absolute Gasteiger partial charge is 0.408 e. The van der Waals surface area contributed by atoms with Gasteiger partial charge in [0.05, 0.1) is 6.61 Å². The number of hydrogen-bond donors (Lipinski definition) is 1. The number of ether oxygens (including phenoxy) is 3. The van der Waals surface area contributed by atoms with Crippen molar-refractivity contribution in [3.63, 3.8) is 0 Å². The Labute approximate surface area is 205 Å². The molecule has 0 saturated heterocycles. The minimum Gasteiger partial charge on any atom is -0.494 e. The number of carbonyl (C=O) groups excluding carboxylic acids is 2. The van der Waals surface area contributed by atoms with Gasteiger partial charge in [-0.15, -0.1) is 0 Å². The summed E-state index contributed by atoms with van der Waals surface area (Å²) >= 11 is 3.43. The van der Waals surface area contributed by atoms with Crippen molar-refractivity contribution >= 4 is 28.0 Å². The lowest BCUT2D eigenvalue weighted by Gasteiger charge is -2.23. The Balaban J connectivity index is 1.98. The summed E-state index contributed by atoms with van der Waals surface area (Å²) in [6.07, 6.45) is 2.87. The Kier molecular flexibility index (Phi) is 11.2. The molecule has 0 aliphatic carbocycles. The molecule has 0 radical (unpaired) electrons. The highest BCUT2D eigenvalue weighted by Gasteiger charge is 2.26. The van der Waals surface area contributed by atoms with Crippen LogP contribution in [-0.4, -0.2) is 35.6 Å². The second kappa shape index (κ2) is 13.9. The van der Waals surface area contributed by atoms with E-state index >= 15 is 0 Å². The van der Waals surface area contributed by atoms with Crippen molar-refractivity contribution in [3.8, 4) is 5.75 Å². The zero-order valence-corrected chi connectivity index (χ0v) is 21.2. The van der Waals surface area contributed by atoms with E-state index in [1.165, 1.54) is 0 Å². The van der Waals surface area contributed by atoms with Crippen molar-refractivity contribution in [3.05, 3.63) is 65.7 Å². The number of alkyl halides is 1. The maximum Gasteiger partial charge on any atom is 0.408 e. The van der Waals surface area contributed by atoms with Gasteiger partial charge in [-0.3, -0.25) is 0 Å². The van der Waals surface area contributed by atoms with Crippen molar-refractivity contribution in [2.24, 2.45) is 0 Å². The average Bonchev–Trinajstić information content (AvgIpc) is 2.77. The minimum absolute atomic E-state index is 0.133. The Morgan fingerprint density at radius 2 is 1.64 bits per heavy atom. The van der Waals surface area contributed by atoms with E-state index in [1.54, 1.807) is 20.8 Å². The number of amides is 1. The molecule has 1 amide bonds. The van der Waals surface area contributed by atoms with E-state index in [0.717, 1.165) is 41.5 Å². The number of carbonyl (C=O) groups is 2. The van der Waals surface area contributed by atoms with Crippen LogP contribution in [0.4, 0.5) is 4.79 Å². The van der Waals surface area contributed by atoms with Crippen molar-refractivity contribution < 1.29 is 23.8 Å². The molecule has 0 spiro atoms. The van der Waals surface area contributed by atoms with Crippen molar-refractivity contribution in [1.29, 1.82) is 0 Å². The molecule has 2 aromatic rings. The Morgan fingerprint density at radius 1 is 0.939 bits per heavy atom. The van der Waals surface area contributed by atoms with Crippen molar-refractivity contribution in [2.45, 2.75) is 64.7 Å². The van der Waals surface area contributed by atoms with Crippen LogP contribution >= 0.6 is 15.9 Å². The Hall–Kier alpha value is -2.54. The molecule has 0 aliphatic heterocycles. The number of hydrogen-bond acceptors (Lipinski definition) is 5. The first-order valence-electron chi connectivity index (χ1n) is 11.2. The van der Waals surface area contributed by atoms with Crippen LogP contribution in [0, 0.1) is 0 Å². The van der Waals surface area contributed by atoms with E-state index in [-0.39, 0.29) is 13.0 Å². The molecular formula is C26H34BrNO5. The summed E-state index contributed by atoms with van der Waals surface area (Å²) in [7, 11) is 0. The molecule has 6 nitrogen and oxygen atoms in total. The van der Waals surface area contributed by atoms with Crippen LogP contribution in [0.5, 0.6) is 5.75 Å². The third-order valence-electron chi connectivity index (χ3n) is 4.61. The number of alkyl carbamates (subject to hydrolysis) is 1. The van der Waals surface area contributed by atoms with E-state index in [4.69, 9.17) is 14.2 Å². The molecule has 0 bridgehead atoms. The molecule has 0 heterocycles. The molecule has 1 N–H and O–H groups in total. The molecule has 0 aromatic heterocycles.